The van der Waals surface area contributed by atoms with Gasteiger partial charge in [0, 0.05) is 0 Å². The van der Waals surface area contributed by atoms with E-state index in [9.17, 15) is 4.79 Å². The van der Waals surface area contributed by atoms with Crippen LogP contribution >= 0.6 is 0 Å². The predicted molar refractivity (Wildman–Crippen MR) is 57.6 cm³/mol. The molecule has 0 amide bonds. The van der Waals surface area contributed by atoms with Gasteiger partial charge in [0.1, 0.15) is 0 Å². The summed E-state index contributed by atoms with van der Waals surface area (Å²) in [6, 6.07) is 5.64. The molecule has 0 saturated carbocycles. The van der Waals surface area contributed by atoms with Crippen LogP contribution in [0.15, 0.2) is 23.4 Å². The third kappa shape index (κ3) is 1.77. The van der Waals surface area contributed by atoms with Crippen molar-refractivity contribution < 1.29 is 14.5 Å². The van der Waals surface area contributed by atoms with E-state index in [1.807, 2.05) is 26.0 Å². The largest absolute Gasteiger partial charge is 0.561 e. The summed E-state index contributed by atoms with van der Waals surface area (Å²) in [6.07, 6.45) is -0.908. The number of oxime groups is 1. The minimum absolute atomic E-state index is 0.0217. The molecule has 1 aliphatic rings. The second kappa shape index (κ2) is 3.73. The van der Waals surface area contributed by atoms with Crippen LogP contribution in [0.1, 0.15) is 11.1 Å². The quantitative estimate of drug-likeness (QED) is 0.725. The number of hydroxylamine groups is 1. The van der Waals surface area contributed by atoms with Gasteiger partial charge in [0.15, 0.2) is 0 Å². The van der Waals surface area contributed by atoms with Crippen molar-refractivity contribution in [2.24, 2.45) is 10.9 Å². The number of rotatable bonds is 1. The van der Waals surface area contributed by atoms with Crippen molar-refractivity contribution in [2.45, 2.75) is 13.8 Å². The minimum atomic E-state index is -0.908. The maximum atomic E-state index is 10.9. The highest BCUT2D eigenvalue weighted by molar-refractivity contribution is 5.96. The Morgan fingerprint density at radius 2 is 2.12 bits per heavy atom. The number of guanidine groups is 1. The molecular formula is C10H11N3O3. The molecule has 1 heterocycles. The molecule has 1 aliphatic heterocycles. The van der Waals surface area contributed by atoms with Crippen LogP contribution in [0.5, 0.6) is 0 Å². The number of carbonyl (C=O) groups is 1. The van der Waals surface area contributed by atoms with Gasteiger partial charge in [-0.3, -0.25) is 9.68 Å². The van der Waals surface area contributed by atoms with Crippen LogP contribution in [-0.2, 0) is 9.68 Å². The van der Waals surface area contributed by atoms with E-state index in [0.717, 1.165) is 16.2 Å². The highest BCUT2D eigenvalue weighted by atomic mass is 16.9. The van der Waals surface area contributed by atoms with Gasteiger partial charge in [-0.15, -0.1) is 5.06 Å². The van der Waals surface area contributed by atoms with Crippen LogP contribution in [-0.4, -0.2) is 12.1 Å². The minimum Gasteiger partial charge on any atom is -0.364 e. The molecule has 2 N–H and O–H groups in total. The summed E-state index contributed by atoms with van der Waals surface area (Å²) in [4.78, 5) is 20.0. The Morgan fingerprint density at radius 1 is 1.38 bits per heavy atom. The lowest BCUT2D eigenvalue weighted by Crippen LogP contribution is -2.43. The molecule has 0 spiro atoms. The third-order valence-corrected chi connectivity index (χ3v) is 2.16. The van der Waals surface area contributed by atoms with E-state index in [4.69, 9.17) is 10.6 Å². The van der Waals surface area contributed by atoms with Crippen molar-refractivity contribution in [1.29, 1.82) is 0 Å². The average molecular weight is 221 g/mol. The first kappa shape index (κ1) is 10.3. The van der Waals surface area contributed by atoms with Gasteiger partial charge in [-0.2, -0.15) is 4.79 Å². The smallest absolute Gasteiger partial charge is 0.364 e. The Bertz CT molecular complexity index is 470. The van der Waals surface area contributed by atoms with Crippen LogP contribution in [0, 0.1) is 13.8 Å². The number of benzene rings is 1. The van der Waals surface area contributed by atoms with Crippen LogP contribution in [0.2, 0.25) is 0 Å². The molecular weight excluding hydrogens is 210 g/mol. The Balaban J connectivity index is 2.40. The van der Waals surface area contributed by atoms with Gasteiger partial charge in [0.05, 0.1) is 5.69 Å². The van der Waals surface area contributed by atoms with Gasteiger partial charge in [-0.1, -0.05) is 17.7 Å². The van der Waals surface area contributed by atoms with Gasteiger partial charge in [-0.25, -0.2) is 0 Å². The van der Waals surface area contributed by atoms with Crippen LogP contribution in [0.3, 0.4) is 0 Å². The van der Waals surface area contributed by atoms with Crippen LogP contribution in [0.4, 0.5) is 10.5 Å². The highest BCUT2D eigenvalue weighted by Crippen LogP contribution is 2.22. The number of nitrogens with two attached hydrogens (primary N) is 1. The maximum absolute atomic E-state index is 10.9. The van der Waals surface area contributed by atoms with E-state index in [0.29, 0.717) is 5.69 Å². The topological polar surface area (TPSA) is 77.1 Å². The normalized spacial score (nSPS) is 15.2. The monoisotopic (exact) mass is 221 g/mol. The lowest BCUT2D eigenvalue weighted by atomic mass is 10.1. The summed E-state index contributed by atoms with van der Waals surface area (Å²) >= 11 is 0. The van der Waals surface area contributed by atoms with Gasteiger partial charge in [-0.05, 0) is 30.6 Å². The second-order valence-electron chi connectivity index (χ2n) is 3.47. The molecule has 1 aromatic rings. The van der Waals surface area contributed by atoms with E-state index in [1.165, 1.54) is 0 Å². The van der Waals surface area contributed by atoms with Crippen molar-refractivity contribution in [2.75, 3.05) is 5.06 Å². The summed E-state index contributed by atoms with van der Waals surface area (Å²) in [6.45, 7) is 3.86. The highest BCUT2D eigenvalue weighted by Gasteiger charge is 2.25. The standard InChI is InChI=1S/C10H11N3O3/c1-6-3-4-8(7(2)5-6)13-9(11)12-15-10(14)16-13/h3-5H,1-2H3,(H2,11,12). The van der Waals surface area contributed by atoms with Crippen molar-refractivity contribution in [3.63, 3.8) is 0 Å². The fraction of sp³-hybridized carbons (Fsp3) is 0.200. The summed E-state index contributed by atoms with van der Waals surface area (Å²) in [5, 5.41) is 4.52. The first-order valence-corrected chi connectivity index (χ1v) is 4.68. The Morgan fingerprint density at radius 3 is 2.81 bits per heavy atom. The molecule has 0 bridgehead atoms. The Hall–Kier alpha value is -2.24. The van der Waals surface area contributed by atoms with E-state index in [-0.39, 0.29) is 5.96 Å². The number of aryl methyl sites for hydroxylation is 2. The molecule has 0 saturated heterocycles. The van der Waals surface area contributed by atoms with E-state index >= 15 is 0 Å². The predicted octanol–water partition coefficient (Wildman–Crippen LogP) is 1.42. The Kier molecular flexibility index (Phi) is 2.40. The number of hydrogen-bond acceptors (Lipinski definition) is 6. The van der Waals surface area contributed by atoms with Crippen LogP contribution < -0.4 is 10.8 Å². The summed E-state index contributed by atoms with van der Waals surface area (Å²) in [5.74, 6) is -0.0217. The summed E-state index contributed by atoms with van der Waals surface area (Å²) < 4.78 is 0. The van der Waals surface area contributed by atoms with Crippen molar-refractivity contribution in [3.8, 4) is 0 Å². The molecule has 16 heavy (non-hydrogen) atoms. The van der Waals surface area contributed by atoms with E-state index < -0.39 is 6.16 Å². The molecule has 1 aromatic carbocycles. The van der Waals surface area contributed by atoms with Crippen LogP contribution in [0.25, 0.3) is 0 Å². The number of nitrogens with zero attached hydrogens (tertiary/aromatic N) is 2. The average Bonchev–Trinajstić information content (AvgIpc) is 2.22. The first-order valence-electron chi connectivity index (χ1n) is 4.68. The fourth-order valence-corrected chi connectivity index (χ4v) is 1.46. The van der Waals surface area contributed by atoms with Crippen molar-refractivity contribution in [1.82, 2.24) is 0 Å². The molecule has 0 unspecified atom stereocenters. The van der Waals surface area contributed by atoms with Crippen molar-refractivity contribution in [3.05, 3.63) is 29.3 Å². The zero-order chi connectivity index (χ0) is 11.7. The van der Waals surface area contributed by atoms with Crippen molar-refractivity contribution >= 4 is 17.8 Å². The second-order valence-corrected chi connectivity index (χ2v) is 3.47. The number of hydrogen-bond donors (Lipinski definition) is 1. The molecule has 0 aromatic heterocycles. The third-order valence-electron chi connectivity index (χ3n) is 2.16. The zero-order valence-corrected chi connectivity index (χ0v) is 8.93. The number of carbonyl (C=O) groups excluding carboxylic acids is 1. The molecule has 2 rings (SSSR count). The molecule has 6 nitrogen and oxygen atoms in total. The van der Waals surface area contributed by atoms with E-state index in [2.05, 4.69) is 9.99 Å². The zero-order valence-electron chi connectivity index (χ0n) is 8.93. The lowest BCUT2D eigenvalue weighted by molar-refractivity contribution is 0.0449. The molecule has 0 fully saturated rings. The molecule has 84 valence electrons. The number of anilines is 1. The van der Waals surface area contributed by atoms with Gasteiger partial charge in [0.25, 0.3) is 5.96 Å². The fourth-order valence-electron chi connectivity index (χ4n) is 1.46. The summed E-state index contributed by atoms with van der Waals surface area (Å²) in [5.41, 5.74) is 8.24. The molecule has 0 atom stereocenters. The van der Waals surface area contributed by atoms with Gasteiger partial charge < -0.3 is 5.73 Å². The Labute approximate surface area is 92.2 Å². The SMILES string of the molecule is Cc1ccc(N2OC(=O)ON=C2N)c(C)c1. The van der Waals surface area contributed by atoms with Gasteiger partial charge in [0.2, 0.25) is 0 Å². The summed E-state index contributed by atoms with van der Waals surface area (Å²) in [7, 11) is 0. The molecule has 0 radical (unpaired) electrons. The van der Waals surface area contributed by atoms with E-state index in [1.54, 1.807) is 6.07 Å². The molecule has 0 aliphatic carbocycles. The first-order chi connectivity index (χ1) is 7.58. The lowest BCUT2D eigenvalue weighted by Gasteiger charge is -2.24. The maximum Gasteiger partial charge on any atom is 0.561 e. The molecule has 6 heteroatoms. The van der Waals surface area contributed by atoms with Gasteiger partial charge >= 0.3 is 6.16 Å².